The average molecular weight is 226 g/mol. The molecule has 0 amide bonds. The van der Waals surface area contributed by atoms with Crippen LogP contribution in [0.15, 0.2) is 0 Å². The van der Waals surface area contributed by atoms with E-state index < -0.39 is 0 Å². The van der Waals surface area contributed by atoms with E-state index in [2.05, 4.69) is 27.7 Å². The summed E-state index contributed by atoms with van der Waals surface area (Å²) >= 11 is 0. The van der Waals surface area contributed by atoms with Crippen LogP contribution >= 0.6 is 0 Å². The number of ether oxygens (including phenoxy) is 2. The third kappa shape index (κ3) is 2.60. The van der Waals surface area contributed by atoms with E-state index in [1.165, 1.54) is 12.8 Å². The minimum absolute atomic E-state index is 0.234. The van der Waals surface area contributed by atoms with Gasteiger partial charge in [0.05, 0.1) is 12.2 Å². The summed E-state index contributed by atoms with van der Waals surface area (Å²) in [5.74, 6) is 1.43. The highest BCUT2D eigenvalue weighted by atomic mass is 16.7. The normalized spacial score (nSPS) is 45.2. The van der Waals surface area contributed by atoms with Crippen molar-refractivity contribution >= 4 is 0 Å². The van der Waals surface area contributed by atoms with Gasteiger partial charge in [0.1, 0.15) is 0 Å². The first-order chi connectivity index (χ1) is 7.51. The molecule has 1 saturated heterocycles. The molecule has 0 radical (unpaired) electrons. The quantitative estimate of drug-likeness (QED) is 0.678. The highest BCUT2D eigenvalue weighted by Crippen LogP contribution is 2.42. The zero-order valence-electron chi connectivity index (χ0n) is 11.2. The summed E-state index contributed by atoms with van der Waals surface area (Å²) in [5, 5.41) is 0. The van der Waals surface area contributed by atoms with Crippen molar-refractivity contribution in [3.63, 3.8) is 0 Å². The van der Waals surface area contributed by atoms with Crippen molar-refractivity contribution < 1.29 is 9.47 Å². The second-order valence-corrected chi connectivity index (χ2v) is 6.08. The van der Waals surface area contributed by atoms with Gasteiger partial charge in [-0.3, -0.25) is 0 Å². The lowest BCUT2D eigenvalue weighted by Gasteiger charge is -2.47. The van der Waals surface area contributed by atoms with Gasteiger partial charge in [-0.1, -0.05) is 13.8 Å². The Kier molecular flexibility index (Phi) is 3.60. The topological polar surface area (TPSA) is 18.5 Å². The van der Waals surface area contributed by atoms with Gasteiger partial charge in [-0.2, -0.15) is 0 Å². The Bertz CT molecular complexity index is 217. The first kappa shape index (κ1) is 12.4. The summed E-state index contributed by atoms with van der Waals surface area (Å²) in [6, 6.07) is 0. The van der Waals surface area contributed by atoms with Crippen LogP contribution in [0.2, 0.25) is 0 Å². The van der Waals surface area contributed by atoms with Crippen molar-refractivity contribution in [2.45, 2.75) is 77.8 Å². The Morgan fingerprint density at radius 2 is 1.50 bits per heavy atom. The van der Waals surface area contributed by atoms with Crippen molar-refractivity contribution in [3.05, 3.63) is 0 Å². The molecule has 1 saturated carbocycles. The van der Waals surface area contributed by atoms with Crippen LogP contribution in [0.4, 0.5) is 0 Å². The van der Waals surface area contributed by atoms with Crippen molar-refractivity contribution in [3.8, 4) is 0 Å². The fraction of sp³-hybridized carbons (Fsp3) is 1.00. The Hall–Kier alpha value is -0.0800. The van der Waals surface area contributed by atoms with Crippen LogP contribution < -0.4 is 0 Å². The summed E-state index contributed by atoms with van der Waals surface area (Å²) in [5.41, 5.74) is 0. The predicted octanol–water partition coefficient (Wildman–Crippen LogP) is 3.74. The number of hydrogen-bond acceptors (Lipinski definition) is 2. The third-order valence-electron chi connectivity index (χ3n) is 4.23. The smallest absolute Gasteiger partial charge is 0.169 e. The van der Waals surface area contributed by atoms with Crippen molar-refractivity contribution in [2.24, 2.45) is 11.8 Å². The van der Waals surface area contributed by atoms with Crippen molar-refractivity contribution in [1.29, 1.82) is 0 Å². The summed E-state index contributed by atoms with van der Waals surface area (Å²) in [6.45, 7) is 9.01. The van der Waals surface area contributed by atoms with Crippen molar-refractivity contribution in [2.75, 3.05) is 0 Å². The molecule has 1 aliphatic heterocycles. The van der Waals surface area contributed by atoms with Gasteiger partial charge in [-0.15, -0.1) is 0 Å². The summed E-state index contributed by atoms with van der Waals surface area (Å²) in [4.78, 5) is 0. The lowest BCUT2D eigenvalue weighted by molar-refractivity contribution is -0.325. The number of hydrogen-bond donors (Lipinski definition) is 0. The highest BCUT2D eigenvalue weighted by Gasteiger charge is 2.43. The molecule has 16 heavy (non-hydrogen) atoms. The molecule has 1 spiro atoms. The monoisotopic (exact) mass is 226 g/mol. The van der Waals surface area contributed by atoms with Gasteiger partial charge in [-0.25, -0.2) is 0 Å². The Labute approximate surface area is 99.7 Å². The van der Waals surface area contributed by atoms with Crippen LogP contribution in [0.1, 0.15) is 59.8 Å². The maximum atomic E-state index is 6.09. The van der Waals surface area contributed by atoms with E-state index in [1.54, 1.807) is 0 Å². The van der Waals surface area contributed by atoms with E-state index in [1.807, 2.05) is 0 Å². The maximum Gasteiger partial charge on any atom is 0.169 e. The van der Waals surface area contributed by atoms with Gasteiger partial charge in [0, 0.05) is 12.8 Å². The largest absolute Gasteiger partial charge is 0.347 e. The van der Waals surface area contributed by atoms with Crippen LogP contribution in [0.3, 0.4) is 0 Å². The molecule has 2 unspecified atom stereocenters. The van der Waals surface area contributed by atoms with Crippen LogP contribution in [-0.4, -0.2) is 18.0 Å². The van der Waals surface area contributed by atoms with Gasteiger partial charge in [-0.05, 0) is 44.9 Å². The first-order valence-electron chi connectivity index (χ1n) is 6.86. The highest BCUT2D eigenvalue weighted by molar-refractivity contribution is 4.85. The molecule has 0 aromatic heterocycles. The minimum atomic E-state index is -0.234. The van der Waals surface area contributed by atoms with Gasteiger partial charge < -0.3 is 9.47 Å². The second-order valence-electron chi connectivity index (χ2n) is 6.08. The van der Waals surface area contributed by atoms with Gasteiger partial charge in [0.25, 0.3) is 0 Å². The molecule has 1 aliphatic carbocycles. The van der Waals surface area contributed by atoms with Gasteiger partial charge >= 0.3 is 0 Å². The Morgan fingerprint density at radius 3 is 1.94 bits per heavy atom. The molecule has 2 atom stereocenters. The van der Waals surface area contributed by atoms with E-state index in [0.29, 0.717) is 12.2 Å². The molecule has 2 fully saturated rings. The molecule has 2 heteroatoms. The Morgan fingerprint density at radius 1 is 1.00 bits per heavy atom. The first-order valence-corrected chi connectivity index (χ1v) is 6.86. The molecule has 0 N–H and O–H groups in total. The van der Waals surface area contributed by atoms with Crippen LogP contribution in [0.5, 0.6) is 0 Å². The predicted molar refractivity (Wildman–Crippen MR) is 65.2 cm³/mol. The molecule has 0 aromatic carbocycles. The molecule has 94 valence electrons. The molecule has 2 nitrogen and oxygen atoms in total. The molecular weight excluding hydrogens is 200 g/mol. The van der Waals surface area contributed by atoms with E-state index in [-0.39, 0.29) is 5.79 Å². The van der Waals surface area contributed by atoms with Gasteiger partial charge in [0.2, 0.25) is 0 Å². The Balaban J connectivity index is 1.95. The van der Waals surface area contributed by atoms with E-state index >= 15 is 0 Å². The molecule has 2 rings (SSSR count). The maximum absolute atomic E-state index is 6.09. The summed E-state index contributed by atoms with van der Waals surface area (Å²) in [7, 11) is 0. The fourth-order valence-electron chi connectivity index (χ4n) is 3.31. The summed E-state index contributed by atoms with van der Waals surface area (Å²) in [6.07, 6.45) is 6.46. The van der Waals surface area contributed by atoms with Crippen molar-refractivity contribution in [1.82, 2.24) is 0 Å². The second kappa shape index (κ2) is 4.66. The lowest BCUT2D eigenvalue weighted by atomic mass is 9.78. The van der Waals surface area contributed by atoms with Gasteiger partial charge in [0.15, 0.2) is 5.79 Å². The van der Waals surface area contributed by atoms with E-state index in [4.69, 9.17) is 9.47 Å². The van der Waals surface area contributed by atoms with Crippen LogP contribution in [0.25, 0.3) is 0 Å². The molecule has 0 bridgehead atoms. The fourth-order valence-corrected chi connectivity index (χ4v) is 3.31. The molecule has 2 aliphatic rings. The minimum Gasteiger partial charge on any atom is -0.347 e. The lowest BCUT2D eigenvalue weighted by Crippen LogP contribution is -2.49. The number of rotatable bonds is 1. The van der Waals surface area contributed by atoms with E-state index in [0.717, 1.165) is 31.1 Å². The standard InChI is InChI=1S/C14H26O2/c1-10(2)13-5-7-14(8-6-13)15-11(3)9-12(4)16-14/h10-13H,5-9H2,1-4H3. The summed E-state index contributed by atoms with van der Waals surface area (Å²) < 4.78 is 12.2. The molecule has 0 aromatic rings. The van der Waals surface area contributed by atoms with Crippen LogP contribution in [-0.2, 0) is 9.47 Å². The zero-order valence-corrected chi connectivity index (χ0v) is 11.2. The SMILES string of the molecule is CC1CC(C)OC2(CCC(C(C)C)CC2)O1. The average Bonchev–Trinajstić information content (AvgIpc) is 2.16. The third-order valence-corrected chi connectivity index (χ3v) is 4.23. The van der Waals surface area contributed by atoms with E-state index in [9.17, 15) is 0 Å². The van der Waals surface area contributed by atoms with Crippen LogP contribution in [0, 0.1) is 11.8 Å². The molecular formula is C14H26O2. The zero-order chi connectivity index (χ0) is 11.8. The molecule has 1 heterocycles.